The summed E-state index contributed by atoms with van der Waals surface area (Å²) in [6, 6.07) is 0. The number of carbonyl (C=O) groups is 1. The minimum atomic E-state index is -0.0487. The van der Waals surface area contributed by atoms with Crippen molar-refractivity contribution in [2.45, 2.75) is 78.2 Å². The molecule has 0 aromatic heterocycles. The molecule has 0 saturated carbocycles. The quantitative estimate of drug-likeness (QED) is 0.271. The predicted molar refractivity (Wildman–Crippen MR) is 91.5 cm³/mol. The summed E-state index contributed by atoms with van der Waals surface area (Å²) in [6.07, 6.45) is 15.1. The number of carbonyl (C=O) groups excluding carboxylic acids is 1. The summed E-state index contributed by atoms with van der Waals surface area (Å²) in [6.45, 7) is 8.55. The summed E-state index contributed by atoms with van der Waals surface area (Å²) in [5, 5.41) is 0. The molecule has 0 N–H and O–H groups in total. The summed E-state index contributed by atoms with van der Waals surface area (Å²) in [5.41, 5.74) is -0.0487. The van der Waals surface area contributed by atoms with Crippen LogP contribution in [0.1, 0.15) is 72.6 Å². The molecule has 122 valence electrons. The third kappa shape index (κ3) is 12.6. The van der Waals surface area contributed by atoms with Gasteiger partial charge in [0.1, 0.15) is 0 Å². The van der Waals surface area contributed by atoms with E-state index in [1.807, 2.05) is 12.2 Å². The monoisotopic (exact) mass is 294 g/mol. The van der Waals surface area contributed by atoms with Crippen molar-refractivity contribution in [3.8, 4) is 0 Å². The molecule has 1 atom stereocenters. The van der Waals surface area contributed by atoms with E-state index in [4.69, 9.17) is 4.74 Å². The van der Waals surface area contributed by atoms with Crippen molar-refractivity contribution in [1.82, 2.24) is 0 Å². The molecule has 2 nitrogen and oxygen atoms in total. The molecule has 0 aliphatic heterocycles. The Balaban J connectivity index is 3.84. The number of hydrogen-bond donors (Lipinski definition) is 0. The van der Waals surface area contributed by atoms with Gasteiger partial charge in [0.2, 0.25) is 0 Å². The number of ether oxygens (including phenoxy) is 1. The molecular weight excluding hydrogens is 260 g/mol. The van der Waals surface area contributed by atoms with Gasteiger partial charge in [-0.2, -0.15) is 0 Å². The van der Waals surface area contributed by atoms with Gasteiger partial charge >= 0.3 is 0 Å². The first-order valence-corrected chi connectivity index (χ1v) is 8.32. The van der Waals surface area contributed by atoms with Crippen LogP contribution in [0.5, 0.6) is 0 Å². The van der Waals surface area contributed by atoms with Gasteiger partial charge in [0.25, 0.3) is 0 Å². The molecule has 2 heteroatoms. The summed E-state index contributed by atoms with van der Waals surface area (Å²) in [7, 11) is 1.76. The van der Waals surface area contributed by atoms with E-state index in [9.17, 15) is 4.79 Å². The fraction of sp³-hybridized carbons (Fsp3) is 0.737. The Morgan fingerprint density at radius 2 is 1.95 bits per heavy atom. The van der Waals surface area contributed by atoms with Crippen molar-refractivity contribution in [2.75, 3.05) is 7.11 Å². The Morgan fingerprint density at radius 1 is 1.24 bits per heavy atom. The predicted octanol–water partition coefficient (Wildman–Crippen LogP) is 5.48. The highest BCUT2D eigenvalue weighted by molar-refractivity contribution is 5.89. The van der Waals surface area contributed by atoms with Crippen LogP contribution >= 0.6 is 0 Å². The highest BCUT2D eigenvalue weighted by Crippen LogP contribution is 2.20. The van der Waals surface area contributed by atoms with Crippen LogP contribution in [-0.4, -0.2) is 18.5 Å². The molecule has 0 aliphatic carbocycles. The smallest absolute Gasteiger partial charge is 0.155 e. The standard InChI is InChI=1S/C19H34O2/c1-6-7-8-9-10-11-14-18(20)16-17(2)13-12-15-19(3,4)21-5/h9-11,14,17H,6-8,12-13,15-16H2,1-5H3/b10-9+,14-11+. The van der Waals surface area contributed by atoms with Gasteiger partial charge in [0, 0.05) is 13.5 Å². The molecule has 0 aromatic rings. The molecular formula is C19H34O2. The summed E-state index contributed by atoms with van der Waals surface area (Å²) in [4.78, 5) is 11.8. The fourth-order valence-electron chi connectivity index (χ4n) is 2.15. The van der Waals surface area contributed by atoms with Crippen molar-refractivity contribution in [1.29, 1.82) is 0 Å². The van der Waals surface area contributed by atoms with Crippen LogP contribution < -0.4 is 0 Å². The van der Waals surface area contributed by atoms with Gasteiger partial charge in [-0.15, -0.1) is 0 Å². The largest absolute Gasteiger partial charge is 0.379 e. The molecule has 21 heavy (non-hydrogen) atoms. The number of ketones is 1. The number of methoxy groups -OCH3 is 1. The Morgan fingerprint density at radius 3 is 2.57 bits per heavy atom. The van der Waals surface area contributed by atoms with Crippen molar-refractivity contribution in [2.24, 2.45) is 5.92 Å². The maximum absolute atomic E-state index is 11.8. The second-order valence-corrected chi connectivity index (χ2v) is 6.56. The number of hydrogen-bond acceptors (Lipinski definition) is 2. The van der Waals surface area contributed by atoms with Gasteiger partial charge in [-0.05, 0) is 38.7 Å². The molecule has 0 saturated heterocycles. The normalized spacial score (nSPS) is 14.1. The zero-order valence-electron chi connectivity index (χ0n) is 14.7. The van der Waals surface area contributed by atoms with Crippen molar-refractivity contribution < 1.29 is 9.53 Å². The molecule has 0 heterocycles. The molecule has 0 radical (unpaired) electrons. The highest BCUT2D eigenvalue weighted by atomic mass is 16.5. The van der Waals surface area contributed by atoms with E-state index in [2.05, 4.69) is 33.8 Å². The zero-order valence-corrected chi connectivity index (χ0v) is 14.7. The molecule has 0 rings (SSSR count). The first-order chi connectivity index (χ1) is 9.91. The van der Waals surface area contributed by atoms with Gasteiger partial charge in [-0.3, -0.25) is 4.79 Å². The van der Waals surface area contributed by atoms with E-state index in [1.165, 1.54) is 12.8 Å². The van der Waals surface area contributed by atoms with Crippen LogP contribution in [0, 0.1) is 5.92 Å². The average molecular weight is 294 g/mol. The van der Waals surface area contributed by atoms with Gasteiger partial charge in [0.15, 0.2) is 5.78 Å². The van der Waals surface area contributed by atoms with Crippen LogP contribution in [-0.2, 0) is 9.53 Å². The topological polar surface area (TPSA) is 26.3 Å². The van der Waals surface area contributed by atoms with E-state index < -0.39 is 0 Å². The number of allylic oxidation sites excluding steroid dienone is 4. The Bertz CT molecular complexity index is 326. The van der Waals surface area contributed by atoms with Crippen molar-refractivity contribution >= 4 is 5.78 Å². The van der Waals surface area contributed by atoms with Crippen LogP contribution in [0.2, 0.25) is 0 Å². The molecule has 0 aliphatic rings. The molecule has 0 amide bonds. The third-order valence-corrected chi connectivity index (χ3v) is 3.83. The van der Waals surface area contributed by atoms with Crippen molar-refractivity contribution in [3.05, 3.63) is 24.3 Å². The van der Waals surface area contributed by atoms with Crippen LogP contribution in [0.15, 0.2) is 24.3 Å². The molecule has 0 fully saturated rings. The molecule has 0 bridgehead atoms. The zero-order chi connectivity index (χ0) is 16.1. The van der Waals surface area contributed by atoms with Crippen molar-refractivity contribution in [3.63, 3.8) is 0 Å². The first-order valence-electron chi connectivity index (χ1n) is 8.32. The highest BCUT2D eigenvalue weighted by Gasteiger charge is 2.16. The average Bonchev–Trinajstić information content (AvgIpc) is 2.42. The van der Waals surface area contributed by atoms with Gasteiger partial charge in [-0.25, -0.2) is 0 Å². The Hall–Kier alpha value is -0.890. The lowest BCUT2D eigenvalue weighted by molar-refractivity contribution is -0.115. The lowest BCUT2D eigenvalue weighted by Gasteiger charge is -2.23. The Kier molecular flexibility index (Phi) is 11.2. The summed E-state index contributed by atoms with van der Waals surface area (Å²) < 4.78 is 5.41. The summed E-state index contributed by atoms with van der Waals surface area (Å²) >= 11 is 0. The number of unbranched alkanes of at least 4 members (excludes halogenated alkanes) is 2. The molecule has 0 aromatic carbocycles. The van der Waals surface area contributed by atoms with Gasteiger partial charge < -0.3 is 4.74 Å². The van der Waals surface area contributed by atoms with Crippen LogP contribution in [0.4, 0.5) is 0 Å². The van der Waals surface area contributed by atoms with Gasteiger partial charge in [0.05, 0.1) is 5.60 Å². The maximum atomic E-state index is 11.8. The van der Waals surface area contributed by atoms with E-state index >= 15 is 0 Å². The molecule has 1 unspecified atom stereocenters. The van der Waals surface area contributed by atoms with E-state index in [-0.39, 0.29) is 11.4 Å². The third-order valence-electron chi connectivity index (χ3n) is 3.83. The minimum absolute atomic E-state index is 0.0487. The SMILES string of the molecule is CCCC/C=C/C=C/C(=O)CC(C)CCCC(C)(C)OC. The van der Waals surface area contributed by atoms with Gasteiger partial charge in [-0.1, -0.05) is 57.8 Å². The Labute approximate surface area is 131 Å². The van der Waals surface area contributed by atoms with E-state index in [0.29, 0.717) is 12.3 Å². The maximum Gasteiger partial charge on any atom is 0.155 e. The second-order valence-electron chi connectivity index (χ2n) is 6.56. The first kappa shape index (κ1) is 20.1. The van der Waals surface area contributed by atoms with Crippen LogP contribution in [0.25, 0.3) is 0 Å². The molecule has 0 spiro atoms. The fourth-order valence-corrected chi connectivity index (χ4v) is 2.15. The van der Waals surface area contributed by atoms with E-state index in [1.54, 1.807) is 13.2 Å². The second kappa shape index (κ2) is 11.7. The van der Waals surface area contributed by atoms with E-state index in [0.717, 1.165) is 25.7 Å². The minimum Gasteiger partial charge on any atom is -0.379 e. The summed E-state index contributed by atoms with van der Waals surface area (Å²) in [5.74, 6) is 0.674. The number of rotatable bonds is 12. The lowest BCUT2D eigenvalue weighted by atomic mass is 9.94. The van der Waals surface area contributed by atoms with Crippen LogP contribution in [0.3, 0.4) is 0 Å². The lowest BCUT2D eigenvalue weighted by Crippen LogP contribution is -2.22.